The SMILES string of the molecule is C[C@H](NCc1nc2scc(-c3ccccc3Cl)c2c(=O)[nH]1)c1ccc(Cl)cc1. The maximum absolute atomic E-state index is 12.7. The molecular formula is C21H17Cl2N3OS. The summed E-state index contributed by atoms with van der Waals surface area (Å²) in [4.78, 5) is 21.0. The number of benzene rings is 2. The molecule has 1 atom stereocenters. The van der Waals surface area contributed by atoms with Crippen LogP contribution < -0.4 is 10.9 Å². The van der Waals surface area contributed by atoms with Crippen molar-refractivity contribution in [1.82, 2.24) is 15.3 Å². The molecular weight excluding hydrogens is 413 g/mol. The second kappa shape index (κ2) is 8.05. The summed E-state index contributed by atoms with van der Waals surface area (Å²) in [6.07, 6.45) is 0. The fourth-order valence-corrected chi connectivity index (χ4v) is 4.40. The maximum atomic E-state index is 12.7. The number of thiophene rings is 1. The van der Waals surface area contributed by atoms with Crippen molar-refractivity contribution in [2.24, 2.45) is 0 Å². The predicted octanol–water partition coefficient (Wildman–Crippen LogP) is 5.81. The molecule has 0 spiro atoms. The van der Waals surface area contributed by atoms with Crippen molar-refractivity contribution in [2.45, 2.75) is 19.5 Å². The van der Waals surface area contributed by atoms with E-state index in [1.54, 1.807) is 0 Å². The van der Waals surface area contributed by atoms with Crippen molar-refractivity contribution in [3.05, 3.63) is 85.7 Å². The zero-order valence-corrected chi connectivity index (χ0v) is 17.3. The molecule has 4 rings (SSSR count). The Labute approximate surface area is 176 Å². The van der Waals surface area contributed by atoms with Crippen LogP contribution in [0.2, 0.25) is 10.0 Å². The lowest BCUT2D eigenvalue weighted by molar-refractivity contribution is 0.559. The number of nitrogens with zero attached hydrogens (tertiary/aromatic N) is 1. The smallest absolute Gasteiger partial charge is 0.260 e. The van der Waals surface area contributed by atoms with Crippen molar-refractivity contribution < 1.29 is 0 Å². The highest BCUT2D eigenvalue weighted by atomic mass is 35.5. The molecule has 0 saturated carbocycles. The molecule has 4 aromatic rings. The average molecular weight is 430 g/mol. The van der Waals surface area contributed by atoms with E-state index in [4.69, 9.17) is 23.2 Å². The number of fused-ring (bicyclic) bond motifs is 1. The Morgan fingerprint density at radius 1 is 1.11 bits per heavy atom. The fourth-order valence-electron chi connectivity index (χ4n) is 3.07. The van der Waals surface area contributed by atoms with E-state index in [-0.39, 0.29) is 11.6 Å². The predicted molar refractivity (Wildman–Crippen MR) is 117 cm³/mol. The molecule has 2 heterocycles. The number of hydrogen-bond donors (Lipinski definition) is 2. The van der Waals surface area contributed by atoms with Gasteiger partial charge in [0, 0.05) is 32.6 Å². The number of H-pyrrole nitrogens is 1. The molecule has 0 aliphatic heterocycles. The lowest BCUT2D eigenvalue weighted by Crippen LogP contribution is -2.22. The highest BCUT2D eigenvalue weighted by molar-refractivity contribution is 7.17. The van der Waals surface area contributed by atoms with E-state index < -0.39 is 0 Å². The van der Waals surface area contributed by atoms with Gasteiger partial charge >= 0.3 is 0 Å². The Hall–Kier alpha value is -2.18. The second-order valence-corrected chi connectivity index (χ2v) is 8.18. The molecule has 2 aromatic heterocycles. The van der Waals surface area contributed by atoms with Gasteiger partial charge in [0.15, 0.2) is 0 Å². The van der Waals surface area contributed by atoms with E-state index in [1.807, 2.05) is 53.9 Å². The number of hydrogen-bond acceptors (Lipinski definition) is 4. The van der Waals surface area contributed by atoms with Gasteiger partial charge < -0.3 is 10.3 Å². The summed E-state index contributed by atoms with van der Waals surface area (Å²) in [6, 6.07) is 15.3. The Bertz CT molecular complexity index is 1180. The Morgan fingerprint density at radius 2 is 1.86 bits per heavy atom. The Balaban J connectivity index is 1.59. The molecule has 142 valence electrons. The van der Waals surface area contributed by atoms with Gasteiger partial charge in [-0.2, -0.15) is 0 Å². The van der Waals surface area contributed by atoms with Gasteiger partial charge in [0.05, 0.1) is 11.9 Å². The summed E-state index contributed by atoms with van der Waals surface area (Å²) in [5.74, 6) is 0.603. The molecule has 2 aromatic carbocycles. The van der Waals surface area contributed by atoms with Crippen LogP contribution in [0, 0.1) is 0 Å². The first kappa shape index (κ1) is 19.2. The molecule has 0 amide bonds. The van der Waals surface area contributed by atoms with E-state index in [1.165, 1.54) is 11.3 Å². The molecule has 4 nitrogen and oxygen atoms in total. The van der Waals surface area contributed by atoms with Crippen molar-refractivity contribution in [1.29, 1.82) is 0 Å². The summed E-state index contributed by atoms with van der Waals surface area (Å²) in [6.45, 7) is 2.51. The number of halogens is 2. The largest absolute Gasteiger partial charge is 0.309 e. The topological polar surface area (TPSA) is 57.8 Å². The monoisotopic (exact) mass is 429 g/mol. The number of nitrogens with one attached hydrogen (secondary N) is 2. The molecule has 2 N–H and O–H groups in total. The number of aromatic nitrogens is 2. The number of aromatic amines is 1. The van der Waals surface area contributed by atoms with E-state index in [0.717, 1.165) is 16.7 Å². The quantitative estimate of drug-likeness (QED) is 0.420. The first-order chi connectivity index (χ1) is 13.5. The molecule has 0 aliphatic rings. The first-order valence-electron chi connectivity index (χ1n) is 8.77. The van der Waals surface area contributed by atoms with Crippen molar-refractivity contribution in [3.8, 4) is 11.1 Å². The summed E-state index contributed by atoms with van der Waals surface area (Å²) in [5.41, 5.74) is 2.61. The lowest BCUT2D eigenvalue weighted by Gasteiger charge is -2.14. The molecule has 0 aliphatic carbocycles. The number of rotatable bonds is 5. The van der Waals surface area contributed by atoms with Crippen LogP contribution in [0.4, 0.5) is 0 Å². The van der Waals surface area contributed by atoms with Gasteiger partial charge in [-0.1, -0.05) is 53.5 Å². The molecule has 0 unspecified atom stereocenters. The van der Waals surface area contributed by atoms with E-state index in [0.29, 0.717) is 32.6 Å². The van der Waals surface area contributed by atoms with Gasteiger partial charge in [0.25, 0.3) is 5.56 Å². The normalized spacial score (nSPS) is 12.4. The highest BCUT2D eigenvalue weighted by Crippen LogP contribution is 2.34. The van der Waals surface area contributed by atoms with Gasteiger partial charge in [-0.15, -0.1) is 11.3 Å². The van der Waals surface area contributed by atoms with Crippen molar-refractivity contribution in [2.75, 3.05) is 0 Å². The van der Waals surface area contributed by atoms with Crippen molar-refractivity contribution >= 4 is 44.8 Å². The van der Waals surface area contributed by atoms with E-state index >= 15 is 0 Å². The Kier molecular flexibility index (Phi) is 5.51. The van der Waals surface area contributed by atoms with Crippen LogP contribution in [0.1, 0.15) is 24.4 Å². The molecule has 28 heavy (non-hydrogen) atoms. The van der Waals surface area contributed by atoms with Crippen LogP contribution in [0.15, 0.2) is 58.7 Å². The Morgan fingerprint density at radius 3 is 2.61 bits per heavy atom. The summed E-state index contributed by atoms with van der Waals surface area (Å²) in [5, 5.41) is 7.21. The minimum atomic E-state index is -0.155. The summed E-state index contributed by atoms with van der Waals surface area (Å²) in [7, 11) is 0. The van der Waals surface area contributed by atoms with Crippen LogP contribution in [-0.4, -0.2) is 9.97 Å². The third-order valence-electron chi connectivity index (χ3n) is 4.60. The van der Waals surface area contributed by atoms with Crippen LogP contribution >= 0.6 is 34.5 Å². The summed E-state index contributed by atoms with van der Waals surface area (Å²) < 4.78 is 0. The van der Waals surface area contributed by atoms with Gasteiger partial charge in [0.1, 0.15) is 10.7 Å². The standard InChI is InChI=1S/C21H17Cl2N3OS/c1-12(13-6-8-14(22)9-7-13)24-10-18-25-20(27)19-16(11-28-21(19)26-18)15-4-2-3-5-17(15)23/h2-9,11-12,24H,10H2,1H3,(H,25,26,27)/t12-/m0/s1. The first-order valence-corrected chi connectivity index (χ1v) is 10.4. The minimum absolute atomic E-state index is 0.0975. The molecule has 0 bridgehead atoms. The third kappa shape index (κ3) is 3.84. The molecule has 0 fully saturated rings. The summed E-state index contributed by atoms with van der Waals surface area (Å²) >= 11 is 13.7. The molecule has 0 radical (unpaired) electrons. The van der Waals surface area contributed by atoms with Crippen LogP contribution in [-0.2, 0) is 6.54 Å². The van der Waals surface area contributed by atoms with Crippen LogP contribution in [0.5, 0.6) is 0 Å². The van der Waals surface area contributed by atoms with Crippen LogP contribution in [0.25, 0.3) is 21.3 Å². The lowest BCUT2D eigenvalue weighted by atomic mass is 10.1. The zero-order valence-electron chi connectivity index (χ0n) is 15.0. The van der Waals surface area contributed by atoms with Crippen LogP contribution in [0.3, 0.4) is 0 Å². The second-order valence-electron chi connectivity index (χ2n) is 6.48. The van der Waals surface area contributed by atoms with Gasteiger partial charge in [-0.05, 0) is 30.7 Å². The molecule has 7 heteroatoms. The van der Waals surface area contributed by atoms with Gasteiger partial charge in [-0.3, -0.25) is 4.79 Å². The third-order valence-corrected chi connectivity index (χ3v) is 6.06. The minimum Gasteiger partial charge on any atom is -0.309 e. The van der Waals surface area contributed by atoms with E-state index in [2.05, 4.69) is 22.2 Å². The average Bonchev–Trinajstić information content (AvgIpc) is 3.11. The van der Waals surface area contributed by atoms with E-state index in [9.17, 15) is 4.79 Å². The zero-order chi connectivity index (χ0) is 19.7. The molecule has 0 saturated heterocycles. The highest BCUT2D eigenvalue weighted by Gasteiger charge is 2.15. The fraction of sp³-hybridized carbons (Fsp3) is 0.143. The van der Waals surface area contributed by atoms with Crippen molar-refractivity contribution in [3.63, 3.8) is 0 Å². The van der Waals surface area contributed by atoms with Gasteiger partial charge in [-0.25, -0.2) is 4.98 Å². The maximum Gasteiger partial charge on any atom is 0.260 e. The van der Waals surface area contributed by atoms with Gasteiger partial charge in [0.2, 0.25) is 0 Å².